The third-order valence-corrected chi connectivity index (χ3v) is 10.5. The fraction of sp³-hybridized carbons (Fsp3) is 0.120. The van der Waals surface area contributed by atoms with Gasteiger partial charge in [-0.05, 0) is 80.1 Å². The molecule has 6 heteroatoms. The molecule has 0 amide bonds. The molecule has 0 aliphatic heterocycles. The van der Waals surface area contributed by atoms with Crippen LogP contribution in [0.5, 0.6) is 11.5 Å². The Morgan fingerprint density at radius 1 is 0.571 bits per heavy atom. The Bertz CT molecular complexity index is 2600. The van der Waals surface area contributed by atoms with Gasteiger partial charge in [-0.2, -0.15) is 0 Å². The number of benzene rings is 7. The van der Waals surface area contributed by atoms with Crippen molar-refractivity contribution >= 4 is 39.1 Å². The van der Waals surface area contributed by atoms with Crippen LogP contribution in [0.25, 0.3) is 49.4 Å². The first kappa shape index (κ1) is 36.1. The molecule has 1 atom stereocenters. The van der Waals surface area contributed by atoms with Crippen LogP contribution in [0.15, 0.2) is 170 Å². The van der Waals surface area contributed by atoms with Crippen LogP contribution >= 0.6 is 0 Å². The molecule has 0 aromatic heterocycles. The number of carbonyl (C=O) groups is 2. The summed E-state index contributed by atoms with van der Waals surface area (Å²) in [6.07, 6.45) is 6.44. The Morgan fingerprint density at radius 2 is 1.14 bits per heavy atom. The minimum Gasteiger partial charge on any atom is -0.491 e. The predicted molar refractivity (Wildman–Crippen MR) is 223 cm³/mol. The summed E-state index contributed by atoms with van der Waals surface area (Å²) in [7, 11) is 2.80. The SMILES string of the molecule is COC(=O)c1ccc(-c2ccc(COc3ccc4ccccc4c3-c3c(OCC4(C(=O)OC)C=CC(c5ccccc5)=CC4)ccc4ccccc34)cc2)cc1. The number of hydrogen-bond donors (Lipinski definition) is 0. The monoisotopic (exact) mass is 736 g/mol. The van der Waals surface area contributed by atoms with Crippen molar-refractivity contribution in [3.63, 3.8) is 0 Å². The van der Waals surface area contributed by atoms with E-state index in [-0.39, 0.29) is 18.5 Å². The summed E-state index contributed by atoms with van der Waals surface area (Å²) in [6.45, 7) is 0.416. The molecule has 276 valence electrons. The van der Waals surface area contributed by atoms with Crippen molar-refractivity contribution in [2.75, 3.05) is 20.8 Å². The highest BCUT2D eigenvalue weighted by molar-refractivity contribution is 6.09. The second-order valence-corrected chi connectivity index (χ2v) is 13.9. The number of ether oxygens (including phenoxy) is 4. The first-order valence-corrected chi connectivity index (χ1v) is 18.6. The summed E-state index contributed by atoms with van der Waals surface area (Å²) >= 11 is 0. The number of hydrogen-bond acceptors (Lipinski definition) is 6. The number of fused-ring (bicyclic) bond motifs is 2. The van der Waals surface area contributed by atoms with Crippen LogP contribution in [-0.4, -0.2) is 32.8 Å². The molecule has 1 aliphatic carbocycles. The average molecular weight is 737 g/mol. The molecule has 1 unspecified atom stereocenters. The minimum absolute atomic E-state index is 0.0821. The van der Waals surface area contributed by atoms with Crippen molar-refractivity contribution in [2.24, 2.45) is 5.41 Å². The second kappa shape index (κ2) is 15.8. The van der Waals surface area contributed by atoms with Crippen molar-refractivity contribution < 1.29 is 28.5 Å². The van der Waals surface area contributed by atoms with Gasteiger partial charge in [0, 0.05) is 11.1 Å². The summed E-state index contributed by atoms with van der Waals surface area (Å²) in [6, 6.07) is 50.4. The lowest BCUT2D eigenvalue weighted by Crippen LogP contribution is -2.37. The summed E-state index contributed by atoms with van der Waals surface area (Å²) in [5.41, 5.74) is 6.47. The number of carbonyl (C=O) groups excluding carboxylic acids is 2. The molecule has 0 spiro atoms. The van der Waals surface area contributed by atoms with Gasteiger partial charge in [-0.3, -0.25) is 4.79 Å². The van der Waals surface area contributed by atoms with Gasteiger partial charge in [0.15, 0.2) is 0 Å². The molecule has 7 aromatic carbocycles. The number of esters is 2. The van der Waals surface area contributed by atoms with Gasteiger partial charge in [-0.25, -0.2) is 4.79 Å². The fourth-order valence-corrected chi connectivity index (χ4v) is 7.38. The Labute approximate surface area is 326 Å². The summed E-state index contributed by atoms with van der Waals surface area (Å²) in [5.74, 6) is 0.642. The Hall–Kier alpha value is -6.92. The van der Waals surface area contributed by atoms with Gasteiger partial charge in [0.2, 0.25) is 0 Å². The molecular formula is C50H40O6. The molecule has 0 fully saturated rings. The number of rotatable bonds is 11. The van der Waals surface area contributed by atoms with Crippen LogP contribution in [-0.2, 0) is 20.9 Å². The highest BCUT2D eigenvalue weighted by Gasteiger charge is 2.39. The third kappa shape index (κ3) is 7.17. The molecule has 7 aromatic rings. The largest absolute Gasteiger partial charge is 0.491 e. The Morgan fingerprint density at radius 3 is 1.71 bits per heavy atom. The lowest BCUT2D eigenvalue weighted by atomic mass is 9.79. The smallest absolute Gasteiger partial charge is 0.337 e. The number of methoxy groups -OCH3 is 2. The Kier molecular flexibility index (Phi) is 10.2. The average Bonchev–Trinajstić information content (AvgIpc) is 3.27. The van der Waals surface area contributed by atoms with Crippen molar-refractivity contribution in [1.29, 1.82) is 0 Å². The maximum absolute atomic E-state index is 13.5. The van der Waals surface area contributed by atoms with Crippen molar-refractivity contribution in [2.45, 2.75) is 13.0 Å². The normalized spacial score (nSPS) is 14.9. The van der Waals surface area contributed by atoms with E-state index in [0.717, 1.165) is 60.5 Å². The van der Waals surface area contributed by atoms with Crippen LogP contribution < -0.4 is 9.47 Å². The molecule has 0 saturated heterocycles. The van der Waals surface area contributed by atoms with Gasteiger partial charge < -0.3 is 18.9 Å². The number of allylic oxidation sites excluding steroid dienone is 3. The molecular weight excluding hydrogens is 697 g/mol. The van der Waals surface area contributed by atoms with Crippen LogP contribution in [0.2, 0.25) is 0 Å². The van der Waals surface area contributed by atoms with E-state index in [1.54, 1.807) is 12.1 Å². The van der Waals surface area contributed by atoms with E-state index in [0.29, 0.717) is 30.1 Å². The molecule has 56 heavy (non-hydrogen) atoms. The van der Waals surface area contributed by atoms with Gasteiger partial charge in [0.05, 0.1) is 19.8 Å². The standard InChI is InChI=1S/C50H40O6/c1-53-48(51)41-22-20-37(21-23-41)36-18-16-34(17-19-36)32-55-44-26-24-39-12-6-8-14-42(39)46(44)47-43-15-9-7-13-40(43)25-27-45(47)56-33-50(49(52)54-2)30-28-38(29-31-50)35-10-4-3-5-11-35/h3-30H,31-33H2,1-2H3. The van der Waals surface area contributed by atoms with Crippen LogP contribution in [0.3, 0.4) is 0 Å². The van der Waals surface area contributed by atoms with Gasteiger partial charge in [0.25, 0.3) is 0 Å². The van der Waals surface area contributed by atoms with Crippen LogP contribution in [0, 0.1) is 5.41 Å². The lowest BCUT2D eigenvalue weighted by molar-refractivity contribution is -0.151. The van der Waals surface area contributed by atoms with E-state index in [1.165, 1.54) is 14.2 Å². The van der Waals surface area contributed by atoms with Gasteiger partial charge >= 0.3 is 11.9 Å². The molecule has 0 bridgehead atoms. The molecule has 8 rings (SSSR count). The van der Waals surface area contributed by atoms with Gasteiger partial charge in [0.1, 0.15) is 30.1 Å². The van der Waals surface area contributed by atoms with E-state index in [9.17, 15) is 9.59 Å². The van der Waals surface area contributed by atoms with Crippen molar-refractivity contribution in [3.8, 4) is 33.8 Å². The molecule has 0 radical (unpaired) electrons. The molecule has 1 aliphatic rings. The van der Waals surface area contributed by atoms with E-state index in [2.05, 4.69) is 78.9 Å². The van der Waals surface area contributed by atoms with Crippen molar-refractivity contribution in [3.05, 3.63) is 187 Å². The van der Waals surface area contributed by atoms with E-state index >= 15 is 0 Å². The second-order valence-electron chi connectivity index (χ2n) is 13.9. The minimum atomic E-state index is -1.01. The maximum Gasteiger partial charge on any atom is 0.337 e. The zero-order chi connectivity index (χ0) is 38.5. The Balaban J connectivity index is 1.13. The van der Waals surface area contributed by atoms with Crippen LogP contribution in [0.4, 0.5) is 0 Å². The van der Waals surface area contributed by atoms with Gasteiger partial charge in [-0.1, -0.05) is 146 Å². The fourth-order valence-electron chi connectivity index (χ4n) is 7.38. The first-order chi connectivity index (χ1) is 27.5. The topological polar surface area (TPSA) is 71.1 Å². The molecule has 0 heterocycles. The van der Waals surface area contributed by atoms with E-state index in [1.807, 2.05) is 78.9 Å². The molecule has 6 nitrogen and oxygen atoms in total. The highest BCUT2D eigenvalue weighted by Crippen LogP contribution is 2.46. The van der Waals surface area contributed by atoms with E-state index in [4.69, 9.17) is 18.9 Å². The summed E-state index contributed by atoms with van der Waals surface area (Å²) in [5, 5.41) is 4.15. The van der Waals surface area contributed by atoms with Crippen LogP contribution in [0.1, 0.15) is 27.9 Å². The zero-order valence-corrected chi connectivity index (χ0v) is 31.2. The van der Waals surface area contributed by atoms with E-state index < -0.39 is 5.41 Å². The van der Waals surface area contributed by atoms with Crippen molar-refractivity contribution in [1.82, 2.24) is 0 Å². The van der Waals surface area contributed by atoms with Gasteiger partial charge in [-0.15, -0.1) is 0 Å². The molecule has 0 saturated carbocycles. The predicted octanol–water partition coefficient (Wildman–Crippen LogP) is 11.3. The zero-order valence-electron chi connectivity index (χ0n) is 31.2. The third-order valence-electron chi connectivity index (χ3n) is 10.5. The lowest BCUT2D eigenvalue weighted by Gasteiger charge is -2.30. The first-order valence-electron chi connectivity index (χ1n) is 18.6. The summed E-state index contributed by atoms with van der Waals surface area (Å²) < 4.78 is 23.7. The highest BCUT2D eigenvalue weighted by atomic mass is 16.5. The quantitative estimate of drug-likeness (QED) is 0.123. The molecule has 0 N–H and O–H groups in total. The summed E-state index contributed by atoms with van der Waals surface area (Å²) in [4.78, 5) is 25.4. The maximum atomic E-state index is 13.5.